The topological polar surface area (TPSA) is 81.7 Å². The maximum Gasteiger partial charge on any atom is 0.341 e. The highest BCUT2D eigenvalue weighted by Crippen LogP contribution is 2.46. The third-order valence-corrected chi connectivity index (χ3v) is 5.72. The molecule has 1 N–H and O–H groups in total. The highest BCUT2D eigenvalue weighted by atomic mass is 32.1. The Balaban J connectivity index is 1.62. The molecule has 6 nitrogen and oxygen atoms in total. The number of carbonyl (C=O) groups excluding carboxylic acids is 3. The number of hydrogen-bond acceptors (Lipinski definition) is 6. The first-order chi connectivity index (χ1) is 14.0. The Labute approximate surface area is 174 Å². The van der Waals surface area contributed by atoms with Crippen LogP contribution in [-0.2, 0) is 19.1 Å². The number of anilines is 1. The molecule has 1 amide bonds. The second-order valence-corrected chi connectivity index (χ2v) is 7.80. The number of hydrogen-bond donors (Lipinski definition) is 1. The Morgan fingerprint density at radius 3 is 2.48 bits per heavy atom. The van der Waals surface area contributed by atoms with Crippen molar-refractivity contribution in [2.45, 2.75) is 44.9 Å². The summed E-state index contributed by atoms with van der Waals surface area (Å²) in [5.74, 6) is -1.41. The van der Waals surface area contributed by atoms with Gasteiger partial charge in [-0.1, -0.05) is 37.3 Å². The number of thiophene rings is 1. The van der Waals surface area contributed by atoms with Crippen LogP contribution in [0.5, 0.6) is 0 Å². The van der Waals surface area contributed by atoms with Crippen molar-refractivity contribution in [1.29, 1.82) is 0 Å². The van der Waals surface area contributed by atoms with E-state index in [1.54, 1.807) is 6.92 Å². The molecule has 0 unspecified atom stereocenters. The molecule has 0 spiro atoms. The predicted octanol–water partition coefficient (Wildman–Crippen LogP) is 4.48. The summed E-state index contributed by atoms with van der Waals surface area (Å²) in [5, 5.41) is 5.05. The molecule has 7 heteroatoms. The molecule has 1 fully saturated rings. The minimum Gasteiger partial charge on any atom is -0.462 e. The van der Waals surface area contributed by atoms with Gasteiger partial charge >= 0.3 is 11.9 Å². The maximum atomic E-state index is 12.4. The molecule has 0 saturated heterocycles. The lowest BCUT2D eigenvalue weighted by Crippen LogP contribution is -2.24. The summed E-state index contributed by atoms with van der Waals surface area (Å²) in [4.78, 5) is 37.1. The monoisotopic (exact) mass is 415 g/mol. The van der Waals surface area contributed by atoms with Crippen molar-refractivity contribution in [1.82, 2.24) is 0 Å². The van der Waals surface area contributed by atoms with E-state index < -0.39 is 30.4 Å². The van der Waals surface area contributed by atoms with Gasteiger partial charge in [0.1, 0.15) is 5.00 Å². The van der Waals surface area contributed by atoms with Crippen molar-refractivity contribution in [3.63, 3.8) is 0 Å². The summed E-state index contributed by atoms with van der Waals surface area (Å²) in [7, 11) is 0. The lowest BCUT2D eigenvalue weighted by atomic mass is 9.97. The number of nitrogens with one attached hydrogen (secondary N) is 1. The van der Waals surface area contributed by atoms with Crippen molar-refractivity contribution >= 4 is 34.2 Å². The molecule has 0 aliphatic heterocycles. The van der Waals surface area contributed by atoms with Crippen LogP contribution in [0.25, 0.3) is 0 Å². The van der Waals surface area contributed by atoms with Gasteiger partial charge in [0.15, 0.2) is 6.61 Å². The van der Waals surface area contributed by atoms with Crippen LogP contribution in [0.1, 0.15) is 66.4 Å². The van der Waals surface area contributed by atoms with Gasteiger partial charge in [-0.2, -0.15) is 0 Å². The van der Waals surface area contributed by atoms with Crippen LogP contribution >= 0.6 is 11.3 Å². The van der Waals surface area contributed by atoms with Crippen LogP contribution in [-0.4, -0.2) is 31.1 Å². The molecule has 1 atom stereocenters. The van der Waals surface area contributed by atoms with E-state index in [4.69, 9.17) is 9.47 Å². The van der Waals surface area contributed by atoms with E-state index in [0.717, 1.165) is 24.0 Å². The Hall–Kier alpha value is -2.67. The number of amides is 1. The average Bonchev–Trinajstić information content (AvgIpc) is 3.48. The van der Waals surface area contributed by atoms with Crippen LogP contribution in [0.2, 0.25) is 0 Å². The van der Waals surface area contributed by atoms with E-state index >= 15 is 0 Å². The molecular weight excluding hydrogens is 390 g/mol. The third-order valence-electron chi connectivity index (χ3n) is 4.81. The smallest absolute Gasteiger partial charge is 0.341 e. The number of carbonyl (C=O) groups is 3. The number of benzene rings is 1. The fraction of sp³-hybridized carbons (Fsp3) is 0.409. The summed E-state index contributed by atoms with van der Waals surface area (Å²) in [6.45, 7) is 3.51. The third kappa shape index (κ3) is 5.23. The van der Waals surface area contributed by atoms with Gasteiger partial charge in [0.05, 0.1) is 18.1 Å². The van der Waals surface area contributed by atoms with Gasteiger partial charge in [0.2, 0.25) is 0 Å². The molecule has 0 bridgehead atoms. The lowest BCUT2D eigenvalue weighted by molar-refractivity contribution is -0.149. The summed E-state index contributed by atoms with van der Waals surface area (Å²) in [6.07, 6.45) is 2.64. The quantitative estimate of drug-likeness (QED) is 0.611. The van der Waals surface area contributed by atoms with E-state index in [2.05, 4.69) is 5.32 Å². The molecule has 1 heterocycles. The van der Waals surface area contributed by atoms with Crippen molar-refractivity contribution in [2.75, 3.05) is 18.5 Å². The van der Waals surface area contributed by atoms with Gasteiger partial charge in [0, 0.05) is 0 Å². The first-order valence-corrected chi connectivity index (χ1v) is 10.7. The minimum atomic E-state index is -0.476. The van der Waals surface area contributed by atoms with Gasteiger partial charge < -0.3 is 14.8 Å². The van der Waals surface area contributed by atoms with Crippen LogP contribution < -0.4 is 5.32 Å². The highest BCUT2D eigenvalue weighted by molar-refractivity contribution is 7.15. The number of ether oxygens (including phenoxy) is 2. The number of rotatable bonds is 9. The van der Waals surface area contributed by atoms with Crippen molar-refractivity contribution in [3.8, 4) is 0 Å². The molecule has 1 aromatic heterocycles. The van der Waals surface area contributed by atoms with Gasteiger partial charge in [-0.25, -0.2) is 4.79 Å². The first-order valence-electron chi connectivity index (χ1n) is 9.85. The van der Waals surface area contributed by atoms with Crippen molar-refractivity contribution < 1.29 is 23.9 Å². The summed E-state index contributed by atoms with van der Waals surface area (Å²) < 4.78 is 10.4. The van der Waals surface area contributed by atoms with Gasteiger partial charge in [-0.15, -0.1) is 11.3 Å². The molecular formula is C22H25NO5S. The molecule has 0 radical (unpaired) electrons. The van der Waals surface area contributed by atoms with E-state index in [1.807, 2.05) is 42.6 Å². The largest absolute Gasteiger partial charge is 0.462 e. The fourth-order valence-electron chi connectivity index (χ4n) is 3.20. The van der Waals surface area contributed by atoms with E-state index in [9.17, 15) is 14.4 Å². The van der Waals surface area contributed by atoms with E-state index in [0.29, 0.717) is 22.9 Å². The first kappa shape index (κ1) is 21.0. The molecule has 1 aromatic carbocycles. The van der Waals surface area contributed by atoms with Crippen LogP contribution in [0, 0.1) is 0 Å². The molecule has 1 aliphatic rings. The summed E-state index contributed by atoms with van der Waals surface area (Å²) in [6, 6.07) is 9.34. The van der Waals surface area contributed by atoms with Crippen LogP contribution in [0.3, 0.4) is 0 Å². The second-order valence-electron chi connectivity index (χ2n) is 6.92. The molecule has 1 aliphatic carbocycles. The van der Waals surface area contributed by atoms with E-state index in [1.165, 1.54) is 11.3 Å². The summed E-state index contributed by atoms with van der Waals surface area (Å²) >= 11 is 1.30. The van der Waals surface area contributed by atoms with Gasteiger partial charge in [0.25, 0.3) is 5.91 Å². The highest BCUT2D eigenvalue weighted by Gasteiger charge is 2.32. The minimum absolute atomic E-state index is 0.266. The standard InChI is InChI=1S/C22H25NO5S/c1-3-16(14-8-6-5-7-9-14)21(25)28-12-18(24)23-20-19(22(26)27-4-2)17(13-29-20)15-10-11-15/h5-9,13,15-16H,3-4,10-12H2,1-2H3,(H,23,24)/t16-/m0/s1. The second kappa shape index (κ2) is 9.69. The zero-order valence-electron chi connectivity index (χ0n) is 16.6. The maximum absolute atomic E-state index is 12.4. The zero-order valence-corrected chi connectivity index (χ0v) is 17.4. The summed E-state index contributed by atoms with van der Waals surface area (Å²) in [5.41, 5.74) is 2.21. The van der Waals surface area contributed by atoms with Gasteiger partial charge in [-0.3, -0.25) is 9.59 Å². The molecule has 3 rings (SSSR count). The zero-order chi connectivity index (χ0) is 20.8. The van der Waals surface area contributed by atoms with E-state index in [-0.39, 0.29) is 6.61 Å². The van der Waals surface area contributed by atoms with Crippen LogP contribution in [0.15, 0.2) is 35.7 Å². The number of esters is 2. The fourth-order valence-corrected chi connectivity index (χ4v) is 4.24. The Morgan fingerprint density at radius 1 is 1.14 bits per heavy atom. The lowest BCUT2D eigenvalue weighted by Gasteiger charge is -2.14. The molecule has 29 heavy (non-hydrogen) atoms. The SMILES string of the molecule is CCOC(=O)c1c(C2CC2)csc1NC(=O)COC(=O)[C@@H](CC)c1ccccc1. The van der Waals surface area contributed by atoms with Crippen molar-refractivity contribution in [2.24, 2.45) is 0 Å². The predicted molar refractivity (Wildman–Crippen MR) is 111 cm³/mol. The average molecular weight is 416 g/mol. The molecule has 154 valence electrons. The van der Waals surface area contributed by atoms with Gasteiger partial charge in [-0.05, 0) is 48.6 Å². The molecule has 2 aromatic rings. The molecule has 1 saturated carbocycles. The Bertz CT molecular complexity index is 873. The normalized spacial score (nSPS) is 14.1. The Morgan fingerprint density at radius 2 is 1.86 bits per heavy atom. The Kier molecular flexibility index (Phi) is 7.04. The van der Waals surface area contributed by atoms with Crippen molar-refractivity contribution in [3.05, 3.63) is 52.4 Å². The van der Waals surface area contributed by atoms with Crippen LogP contribution in [0.4, 0.5) is 5.00 Å².